The SMILES string of the molecule is CC(=O)C#N.N#CCI.N#CCOc1cccc2c1ccn2S(=O)(=O)c1ccccc1F.O=CO[O-].O=S(=O)(c1ccccc1F)n1ccc2c(O)cccc21.[H-].[K+].[K+]. The van der Waals surface area contributed by atoms with Gasteiger partial charge in [0, 0.05) is 30.1 Å². The van der Waals surface area contributed by atoms with Crippen molar-refractivity contribution in [2.75, 3.05) is 11.0 Å². The number of carbonyl (C=O) groups is 2. The molecule has 6 rings (SSSR count). The number of aromatic hydroxyl groups is 1. The molecule has 0 aliphatic rings. The zero-order chi connectivity index (χ0) is 41.9. The van der Waals surface area contributed by atoms with Gasteiger partial charge in [0.25, 0.3) is 26.5 Å². The molecule has 0 spiro atoms. The molecule has 0 aliphatic carbocycles. The first kappa shape index (κ1) is 54.9. The molecule has 0 saturated heterocycles. The number of alkyl halides is 1. The van der Waals surface area contributed by atoms with Gasteiger partial charge in [-0.15, -0.1) is 0 Å². The molecule has 2 heterocycles. The molecular weight excluding hydrogens is 970 g/mol. The Balaban J connectivity index is 0. The molecule has 292 valence electrons. The maximum Gasteiger partial charge on any atom is 1.00 e. The van der Waals surface area contributed by atoms with E-state index in [0.717, 1.165) is 20.1 Å². The summed E-state index contributed by atoms with van der Waals surface area (Å²) in [5, 5.41) is 42.8. The number of ketones is 1. The van der Waals surface area contributed by atoms with Crippen LogP contribution >= 0.6 is 22.6 Å². The quantitative estimate of drug-likeness (QED) is 0.0394. The molecule has 0 aliphatic heterocycles. The standard InChI is InChI=1S/C16H11FN2O3S.C14H10FNO3S.C3H3NO.C2H2IN.CH2O3.2K.H/c17-13-4-1-2-7-16(13)23(20,21)19-10-8-12-14(19)5-3-6-15(12)22-11-9-18;15-11-4-1-2-7-14(11)20(18,19)16-9-8-10-12(16)5-3-6-13(10)17;1-3(5)2-4;3-1-2-4;2-1-4-3;;;/h1-8,10H,11H2;1-9,17H;1H3;1H2;1,3H;;;/q;;;;;2*+1;-1/p-1. The number of carbonyl (C=O) groups excluding carboxylic acids is 2. The van der Waals surface area contributed by atoms with Crippen LogP contribution in [0.25, 0.3) is 21.8 Å². The average Bonchev–Trinajstić information content (AvgIpc) is 3.85. The van der Waals surface area contributed by atoms with Crippen LogP contribution in [0.15, 0.2) is 119 Å². The third-order valence-corrected chi connectivity index (χ3v) is 10.4. The van der Waals surface area contributed by atoms with Crippen LogP contribution in [0.4, 0.5) is 8.78 Å². The summed E-state index contributed by atoms with van der Waals surface area (Å²) in [6, 6.07) is 28.0. The number of fused-ring (bicyclic) bond motifs is 2. The number of phenolic OH excluding ortho intramolecular Hbond substituents is 1. The summed E-state index contributed by atoms with van der Waals surface area (Å²) in [7, 11) is -8.11. The minimum atomic E-state index is -4.07. The summed E-state index contributed by atoms with van der Waals surface area (Å²) in [5.74, 6) is -1.69. The van der Waals surface area contributed by atoms with Crippen molar-refractivity contribution >= 4 is 76.7 Å². The fourth-order valence-electron chi connectivity index (χ4n) is 4.42. The van der Waals surface area contributed by atoms with E-state index in [2.05, 4.69) is 4.89 Å². The summed E-state index contributed by atoms with van der Waals surface area (Å²) >= 11 is 1.99. The molecule has 58 heavy (non-hydrogen) atoms. The fourth-order valence-corrected chi connectivity index (χ4v) is 7.25. The van der Waals surface area contributed by atoms with Crippen molar-refractivity contribution in [3.63, 3.8) is 0 Å². The molecule has 6 aromatic rings. The molecule has 2 aromatic heterocycles. The van der Waals surface area contributed by atoms with E-state index < -0.39 is 47.3 Å². The van der Waals surface area contributed by atoms with Crippen LogP contribution in [0.1, 0.15) is 8.35 Å². The number of Topliss-reactive ketones (excluding diaryl/α,β-unsaturated/α-hetero) is 1. The number of nitrogens with zero attached hydrogens (tertiary/aromatic N) is 5. The van der Waals surface area contributed by atoms with Crippen LogP contribution in [0, 0.1) is 45.6 Å². The molecule has 4 aromatic carbocycles. The topological polar surface area (TPSA) is 245 Å². The Morgan fingerprint density at radius 1 is 0.793 bits per heavy atom. The maximum absolute atomic E-state index is 13.9. The van der Waals surface area contributed by atoms with E-state index in [9.17, 15) is 35.5 Å². The van der Waals surface area contributed by atoms with Gasteiger partial charge in [-0.2, -0.15) is 15.8 Å². The number of nitriles is 3. The van der Waals surface area contributed by atoms with Crippen LogP contribution in [-0.2, 0) is 34.5 Å². The summed E-state index contributed by atoms with van der Waals surface area (Å²) in [4.78, 5) is 19.9. The Morgan fingerprint density at radius 3 is 1.60 bits per heavy atom. The molecule has 0 saturated carbocycles. The second-order valence-electron chi connectivity index (χ2n) is 10.1. The minimum Gasteiger partial charge on any atom is -1.00 e. The number of rotatable bonds is 7. The van der Waals surface area contributed by atoms with E-state index in [1.807, 2.05) is 34.7 Å². The van der Waals surface area contributed by atoms with Crippen LogP contribution in [0.5, 0.6) is 11.5 Å². The number of hydrogen-bond acceptors (Lipinski definition) is 13. The first-order valence-electron chi connectivity index (χ1n) is 15.1. The number of aromatic nitrogens is 2. The monoisotopic (exact) mass is 997 g/mol. The van der Waals surface area contributed by atoms with Gasteiger partial charge in [-0.1, -0.05) is 59.0 Å². The molecule has 1 N–H and O–H groups in total. The first-order valence-corrected chi connectivity index (χ1v) is 19.5. The largest absolute Gasteiger partial charge is 1.00 e. The van der Waals surface area contributed by atoms with Crippen molar-refractivity contribution < 1.29 is 159 Å². The predicted octanol–water partition coefficient (Wildman–Crippen LogP) is -0.758. The number of ether oxygens (including phenoxy) is 1. The first-order chi connectivity index (χ1) is 26.7. The summed E-state index contributed by atoms with van der Waals surface area (Å²) in [5.41, 5.74) is 0.650. The van der Waals surface area contributed by atoms with Crippen molar-refractivity contribution in [3.05, 3.63) is 121 Å². The van der Waals surface area contributed by atoms with E-state index in [1.165, 1.54) is 80.0 Å². The molecule has 15 nitrogen and oxygen atoms in total. The molecule has 0 atom stereocenters. The van der Waals surface area contributed by atoms with Gasteiger partial charge in [0.1, 0.15) is 45.1 Å². The summed E-state index contributed by atoms with van der Waals surface area (Å²) < 4.78 is 85.8. The van der Waals surface area contributed by atoms with Gasteiger partial charge < -0.3 is 21.4 Å². The Kier molecular flexibility index (Phi) is 26.1. The zero-order valence-electron chi connectivity index (χ0n) is 31.7. The van der Waals surface area contributed by atoms with Crippen molar-refractivity contribution in [2.45, 2.75) is 16.7 Å². The van der Waals surface area contributed by atoms with Crippen LogP contribution in [0.2, 0.25) is 0 Å². The number of halogens is 3. The van der Waals surface area contributed by atoms with E-state index >= 15 is 0 Å². The second-order valence-corrected chi connectivity index (χ2v) is 14.4. The van der Waals surface area contributed by atoms with Crippen LogP contribution in [0.3, 0.4) is 0 Å². The van der Waals surface area contributed by atoms with E-state index in [0.29, 0.717) is 32.0 Å². The van der Waals surface area contributed by atoms with Crippen molar-refractivity contribution in [3.8, 4) is 29.7 Å². The maximum atomic E-state index is 13.9. The third kappa shape index (κ3) is 15.2. The van der Waals surface area contributed by atoms with Gasteiger partial charge in [-0.25, -0.2) is 33.6 Å². The Morgan fingerprint density at radius 2 is 1.21 bits per heavy atom. The normalized spacial score (nSPS) is 9.76. The van der Waals surface area contributed by atoms with Crippen molar-refractivity contribution in [2.24, 2.45) is 0 Å². The van der Waals surface area contributed by atoms with Gasteiger partial charge in [-0.3, -0.25) is 9.59 Å². The Bertz CT molecular complexity index is 2670. The number of benzene rings is 4. The van der Waals surface area contributed by atoms with Crippen LogP contribution < -0.4 is 113 Å². The molecular formula is C36H28F2IK2N5O10S2. The van der Waals surface area contributed by atoms with E-state index in [1.54, 1.807) is 30.3 Å². The van der Waals surface area contributed by atoms with Crippen molar-refractivity contribution in [1.29, 1.82) is 15.8 Å². The Hall–Kier alpha value is -3.11. The third-order valence-electron chi connectivity index (χ3n) is 6.63. The van der Waals surface area contributed by atoms with Gasteiger partial charge in [0.2, 0.25) is 5.78 Å². The number of hydrogen-bond donors (Lipinski definition) is 1. The van der Waals surface area contributed by atoms with Gasteiger partial charge in [-0.05, 0) is 60.7 Å². The summed E-state index contributed by atoms with van der Waals surface area (Å²) in [6.07, 6.45) is 2.64. The van der Waals surface area contributed by atoms with Gasteiger partial charge in [0.05, 0.1) is 21.5 Å². The molecule has 0 bridgehead atoms. The molecule has 0 radical (unpaired) electrons. The number of phenols is 1. The predicted molar refractivity (Wildman–Crippen MR) is 204 cm³/mol. The van der Waals surface area contributed by atoms with Crippen LogP contribution in [-0.4, -0.2) is 53.2 Å². The molecule has 0 unspecified atom stereocenters. The second kappa shape index (κ2) is 27.6. The molecule has 0 fully saturated rings. The van der Waals surface area contributed by atoms with Gasteiger partial charge in [0.15, 0.2) is 6.61 Å². The molecule has 0 amide bonds. The van der Waals surface area contributed by atoms with E-state index in [4.69, 9.17) is 30.6 Å². The minimum absolute atomic E-state index is 0. The summed E-state index contributed by atoms with van der Waals surface area (Å²) in [6.45, 7) is 0.893. The Labute approximate surface area is 431 Å². The van der Waals surface area contributed by atoms with Crippen molar-refractivity contribution in [1.82, 2.24) is 7.94 Å². The average molecular weight is 998 g/mol. The van der Waals surface area contributed by atoms with Gasteiger partial charge >= 0.3 is 103 Å². The van der Waals surface area contributed by atoms with E-state index in [-0.39, 0.29) is 123 Å². The molecule has 22 heteroatoms. The zero-order valence-corrected chi connectivity index (χ0v) is 40.7. The smallest absolute Gasteiger partial charge is 1.00 e. The fraction of sp³-hybridized carbons (Fsp3) is 0.0833.